The summed E-state index contributed by atoms with van der Waals surface area (Å²) in [7, 11) is 0. The van der Waals surface area contributed by atoms with Crippen LogP contribution in [0, 0.1) is 5.92 Å². The molecule has 0 unspecified atom stereocenters. The molecule has 2 saturated heterocycles. The first kappa shape index (κ1) is 17.0. The normalized spacial score (nSPS) is 20.6. The van der Waals surface area contributed by atoms with E-state index in [-0.39, 0.29) is 11.8 Å². The second-order valence-corrected chi connectivity index (χ2v) is 6.15. The number of nitrogens with zero attached hydrogens (tertiary/aromatic N) is 2. The van der Waals surface area contributed by atoms with Gasteiger partial charge in [-0.25, -0.2) is 0 Å². The number of rotatable bonds is 6. The lowest BCUT2D eigenvalue weighted by atomic mass is 9.94. The van der Waals surface area contributed by atoms with Crippen LogP contribution < -0.4 is 10.6 Å². The van der Waals surface area contributed by atoms with E-state index in [9.17, 15) is 9.59 Å². The Bertz CT molecular complexity index is 386. The molecule has 22 heavy (non-hydrogen) atoms. The summed E-state index contributed by atoms with van der Waals surface area (Å²) in [6.07, 6.45) is 4.57. The fraction of sp³-hybridized carbons (Fsp3) is 0.750. The Balaban J connectivity index is 1.66. The molecule has 0 aromatic heterocycles. The zero-order valence-corrected chi connectivity index (χ0v) is 13.4. The minimum Gasteiger partial charge on any atom is -0.352 e. The van der Waals surface area contributed by atoms with Gasteiger partial charge in [-0.3, -0.25) is 14.5 Å². The van der Waals surface area contributed by atoms with Crippen LogP contribution in [0.1, 0.15) is 19.3 Å². The summed E-state index contributed by atoms with van der Waals surface area (Å²) in [6.45, 7) is 9.59. The molecule has 2 heterocycles. The van der Waals surface area contributed by atoms with Gasteiger partial charge in [-0.05, 0) is 31.8 Å². The molecule has 2 aliphatic rings. The largest absolute Gasteiger partial charge is 0.352 e. The predicted octanol–water partition coefficient (Wildman–Crippen LogP) is -0.177. The fourth-order valence-corrected chi connectivity index (χ4v) is 3.06. The summed E-state index contributed by atoms with van der Waals surface area (Å²) in [4.78, 5) is 28.1. The average molecular weight is 308 g/mol. The first-order valence-corrected chi connectivity index (χ1v) is 8.27. The maximum absolute atomic E-state index is 12.3. The van der Waals surface area contributed by atoms with E-state index in [0.29, 0.717) is 25.4 Å². The van der Waals surface area contributed by atoms with Crippen molar-refractivity contribution in [3.05, 3.63) is 12.7 Å². The number of piperidine rings is 1. The molecule has 0 aliphatic carbocycles. The van der Waals surface area contributed by atoms with Crippen molar-refractivity contribution in [2.24, 2.45) is 5.92 Å². The highest BCUT2D eigenvalue weighted by atomic mass is 16.2. The van der Waals surface area contributed by atoms with Gasteiger partial charge in [0, 0.05) is 39.1 Å². The zero-order chi connectivity index (χ0) is 15.8. The first-order chi connectivity index (χ1) is 10.7. The number of hydrogen-bond acceptors (Lipinski definition) is 4. The average Bonchev–Trinajstić information content (AvgIpc) is 2.54. The molecule has 6 nitrogen and oxygen atoms in total. The molecule has 0 aromatic rings. The number of carbonyl (C=O) groups excluding carboxylic acids is 2. The highest BCUT2D eigenvalue weighted by molar-refractivity contribution is 5.78. The van der Waals surface area contributed by atoms with E-state index in [1.165, 1.54) is 0 Å². The Morgan fingerprint density at radius 1 is 1.18 bits per heavy atom. The van der Waals surface area contributed by atoms with Gasteiger partial charge in [-0.1, -0.05) is 6.08 Å². The van der Waals surface area contributed by atoms with E-state index in [4.69, 9.17) is 0 Å². The van der Waals surface area contributed by atoms with Gasteiger partial charge in [0.15, 0.2) is 0 Å². The fourth-order valence-electron chi connectivity index (χ4n) is 3.06. The third kappa shape index (κ3) is 5.42. The monoisotopic (exact) mass is 308 g/mol. The van der Waals surface area contributed by atoms with E-state index in [0.717, 1.165) is 52.1 Å². The summed E-state index contributed by atoms with van der Waals surface area (Å²) in [5.41, 5.74) is 0. The van der Waals surface area contributed by atoms with E-state index in [1.807, 2.05) is 4.90 Å². The van der Waals surface area contributed by atoms with Gasteiger partial charge in [0.25, 0.3) is 0 Å². The van der Waals surface area contributed by atoms with Crippen molar-refractivity contribution in [2.45, 2.75) is 19.3 Å². The van der Waals surface area contributed by atoms with Crippen LogP contribution in [0.5, 0.6) is 0 Å². The van der Waals surface area contributed by atoms with Crippen LogP contribution in [0.4, 0.5) is 0 Å². The Morgan fingerprint density at radius 2 is 1.86 bits per heavy atom. The number of carbonyl (C=O) groups is 2. The van der Waals surface area contributed by atoms with Crippen LogP contribution in [0.2, 0.25) is 0 Å². The molecule has 0 radical (unpaired) electrons. The third-order valence-electron chi connectivity index (χ3n) is 4.46. The maximum atomic E-state index is 12.3. The lowest BCUT2D eigenvalue weighted by Gasteiger charge is -2.35. The smallest absolute Gasteiger partial charge is 0.234 e. The predicted molar refractivity (Wildman–Crippen MR) is 86.4 cm³/mol. The molecule has 0 aromatic carbocycles. The van der Waals surface area contributed by atoms with Crippen LogP contribution in [-0.4, -0.2) is 74.0 Å². The number of nitrogens with one attached hydrogen (secondary N) is 2. The topological polar surface area (TPSA) is 64.7 Å². The second kappa shape index (κ2) is 8.90. The number of hydrogen-bond donors (Lipinski definition) is 2. The van der Waals surface area contributed by atoms with Crippen molar-refractivity contribution in [1.29, 1.82) is 0 Å². The Morgan fingerprint density at radius 3 is 2.50 bits per heavy atom. The first-order valence-electron chi connectivity index (χ1n) is 8.27. The maximum Gasteiger partial charge on any atom is 0.234 e. The molecule has 2 fully saturated rings. The minimum atomic E-state index is 0.0226. The molecule has 0 saturated carbocycles. The molecule has 2 amide bonds. The molecule has 0 atom stereocenters. The van der Waals surface area contributed by atoms with Crippen molar-refractivity contribution >= 4 is 11.8 Å². The van der Waals surface area contributed by atoms with Gasteiger partial charge in [0.2, 0.25) is 11.8 Å². The molecular weight excluding hydrogens is 280 g/mol. The third-order valence-corrected chi connectivity index (χ3v) is 4.46. The molecule has 0 spiro atoms. The van der Waals surface area contributed by atoms with Crippen LogP contribution in [0.3, 0.4) is 0 Å². The zero-order valence-electron chi connectivity index (χ0n) is 13.4. The molecule has 2 rings (SSSR count). The Kier molecular flexibility index (Phi) is 6.86. The van der Waals surface area contributed by atoms with Crippen LogP contribution in [0.25, 0.3) is 0 Å². The summed E-state index contributed by atoms with van der Waals surface area (Å²) in [5.74, 6) is 0.841. The highest BCUT2D eigenvalue weighted by Gasteiger charge is 2.25. The standard InChI is InChI=1S/C16H28N4O2/c1-2-5-18-15(21)13-19-8-10-20(11-9-19)16(22)12-14-3-6-17-7-4-14/h2,14,17H,1,3-13H2,(H,18,21). The van der Waals surface area contributed by atoms with Crippen LogP contribution >= 0.6 is 0 Å². The summed E-state index contributed by atoms with van der Waals surface area (Å²) in [5, 5.41) is 6.11. The van der Waals surface area contributed by atoms with E-state index in [2.05, 4.69) is 22.1 Å². The lowest BCUT2D eigenvalue weighted by molar-refractivity contribution is -0.134. The lowest BCUT2D eigenvalue weighted by Crippen LogP contribution is -2.51. The summed E-state index contributed by atoms with van der Waals surface area (Å²) < 4.78 is 0. The van der Waals surface area contributed by atoms with Crippen molar-refractivity contribution < 1.29 is 9.59 Å². The summed E-state index contributed by atoms with van der Waals surface area (Å²) >= 11 is 0. The molecule has 0 bridgehead atoms. The van der Waals surface area contributed by atoms with Gasteiger partial charge in [-0.15, -0.1) is 6.58 Å². The van der Waals surface area contributed by atoms with Crippen molar-refractivity contribution in [2.75, 3.05) is 52.4 Å². The van der Waals surface area contributed by atoms with Crippen molar-refractivity contribution in [1.82, 2.24) is 20.4 Å². The van der Waals surface area contributed by atoms with Crippen LogP contribution in [-0.2, 0) is 9.59 Å². The highest BCUT2D eigenvalue weighted by Crippen LogP contribution is 2.17. The minimum absolute atomic E-state index is 0.0226. The van der Waals surface area contributed by atoms with Gasteiger partial charge < -0.3 is 15.5 Å². The van der Waals surface area contributed by atoms with Crippen LogP contribution in [0.15, 0.2) is 12.7 Å². The van der Waals surface area contributed by atoms with Gasteiger partial charge in [0.05, 0.1) is 6.54 Å². The molecule has 2 N–H and O–H groups in total. The van der Waals surface area contributed by atoms with Crippen molar-refractivity contribution in [3.8, 4) is 0 Å². The number of piperazine rings is 1. The van der Waals surface area contributed by atoms with Gasteiger partial charge in [0.1, 0.15) is 0 Å². The van der Waals surface area contributed by atoms with E-state index < -0.39 is 0 Å². The summed E-state index contributed by atoms with van der Waals surface area (Å²) in [6, 6.07) is 0. The molecule has 6 heteroatoms. The quantitative estimate of drug-likeness (QED) is 0.668. The van der Waals surface area contributed by atoms with E-state index >= 15 is 0 Å². The molecule has 124 valence electrons. The van der Waals surface area contributed by atoms with Gasteiger partial charge >= 0.3 is 0 Å². The SMILES string of the molecule is C=CCNC(=O)CN1CCN(C(=O)CC2CCNCC2)CC1. The molecular formula is C16H28N4O2. The molecule has 2 aliphatic heterocycles. The van der Waals surface area contributed by atoms with Gasteiger partial charge in [-0.2, -0.15) is 0 Å². The van der Waals surface area contributed by atoms with Crippen molar-refractivity contribution in [3.63, 3.8) is 0 Å². The van der Waals surface area contributed by atoms with E-state index in [1.54, 1.807) is 6.08 Å². The number of amides is 2. The Hall–Kier alpha value is -1.40. The second-order valence-electron chi connectivity index (χ2n) is 6.15. The Labute approximate surface area is 132 Å².